The Hall–Kier alpha value is -1.53. The van der Waals surface area contributed by atoms with E-state index in [4.69, 9.17) is 9.88 Å². The monoisotopic (exact) mass is 500 g/mol. The number of benzene rings is 1. The standard InChI is InChI=1S/C23H36N2O6S2/c24-33(29,30)23-13-18(17-32-23)7-3-6-12-31-11-5-2-1-4-10-25-15-22(28)19-8-9-21(27)20(14-19)16-26/h8-9,13-14,17,22,25-28H,1-7,10-12,15-16H2,(H2,24,29,30)/t22-/m1/s1. The van der Waals surface area contributed by atoms with Crippen LogP contribution >= 0.6 is 11.3 Å². The molecule has 0 aliphatic rings. The van der Waals surface area contributed by atoms with E-state index in [-0.39, 0.29) is 16.6 Å². The van der Waals surface area contributed by atoms with E-state index in [1.54, 1.807) is 18.2 Å². The van der Waals surface area contributed by atoms with E-state index < -0.39 is 16.1 Å². The van der Waals surface area contributed by atoms with Crippen molar-refractivity contribution < 1.29 is 28.5 Å². The molecule has 8 nitrogen and oxygen atoms in total. The molecule has 0 spiro atoms. The Bertz CT molecular complexity index is 933. The number of thiophene rings is 1. The molecule has 0 bridgehead atoms. The summed E-state index contributed by atoms with van der Waals surface area (Å²) in [4.78, 5) is 0. The van der Waals surface area contributed by atoms with Gasteiger partial charge in [0, 0.05) is 25.3 Å². The fourth-order valence-electron chi connectivity index (χ4n) is 3.37. The third-order valence-corrected chi connectivity index (χ3v) is 7.74. The molecule has 1 aromatic heterocycles. The normalized spacial score (nSPS) is 12.8. The van der Waals surface area contributed by atoms with Crippen molar-refractivity contribution in [1.82, 2.24) is 5.32 Å². The van der Waals surface area contributed by atoms with Crippen LogP contribution in [0.1, 0.15) is 61.3 Å². The average molecular weight is 501 g/mol. The first kappa shape index (κ1) is 27.7. The lowest BCUT2D eigenvalue weighted by Gasteiger charge is -2.14. The molecule has 186 valence electrons. The quantitative estimate of drug-likeness (QED) is 0.210. The minimum Gasteiger partial charge on any atom is -0.508 e. The van der Waals surface area contributed by atoms with Crippen LogP contribution in [0.2, 0.25) is 0 Å². The highest BCUT2D eigenvalue weighted by Gasteiger charge is 2.11. The van der Waals surface area contributed by atoms with Crippen molar-refractivity contribution in [3.05, 3.63) is 46.3 Å². The number of nitrogens with two attached hydrogens (primary N) is 1. The smallest absolute Gasteiger partial charge is 0.247 e. The zero-order valence-electron chi connectivity index (χ0n) is 18.9. The van der Waals surface area contributed by atoms with Crippen LogP contribution in [-0.2, 0) is 27.8 Å². The van der Waals surface area contributed by atoms with Gasteiger partial charge in [0.2, 0.25) is 10.0 Å². The van der Waals surface area contributed by atoms with Crippen LogP contribution in [0.3, 0.4) is 0 Å². The molecule has 33 heavy (non-hydrogen) atoms. The van der Waals surface area contributed by atoms with Crippen molar-refractivity contribution in [2.75, 3.05) is 26.3 Å². The second kappa shape index (κ2) is 14.7. The number of rotatable bonds is 17. The zero-order chi connectivity index (χ0) is 24.1. The molecule has 10 heteroatoms. The van der Waals surface area contributed by atoms with Crippen molar-refractivity contribution in [3.63, 3.8) is 0 Å². The highest BCUT2D eigenvalue weighted by Crippen LogP contribution is 2.22. The molecule has 0 radical (unpaired) electrons. The van der Waals surface area contributed by atoms with Crippen LogP contribution in [0.4, 0.5) is 0 Å². The topological polar surface area (TPSA) is 142 Å². The van der Waals surface area contributed by atoms with Crippen LogP contribution in [0.25, 0.3) is 0 Å². The molecule has 0 amide bonds. The maximum absolute atomic E-state index is 11.3. The maximum atomic E-state index is 11.3. The van der Waals surface area contributed by atoms with Crippen LogP contribution in [0, 0.1) is 0 Å². The number of ether oxygens (including phenoxy) is 1. The summed E-state index contributed by atoms with van der Waals surface area (Å²) >= 11 is 1.17. The van der Waals surface area contributed by atoms with Gasteiger partial charge in [-0.05, 0) is 73.4 Å². The van der Waals surface area contributed by atoms with Gasteiger partial charge in [0.25, 0.3) is 0 Å². The van der Waals surface area contributed by atoms with Crippen molar-refractivity contribution >= 4 is 21.4 Å². The van der Waals surface area contributed by atoms with Gasteiger partial charge in [0.1, 0.15) is 9.96 Å². The highest BCUT2D eigenvalue weighted by atomic mass is 32.2. The highest BCUT2D eigenvalue weighted by molar-refractivity contribution is 7.91. The summed E-state index contributed by atoms with van der Waals surface area (Å²) in [5, 5.41) is 39.2. The first-order valence-electron chi connectivity index (χ1n) is 11.3. The number of sulfonamides is 1. The molecule has 0 unspecified atom stereocenters. The third kappa shape index (κ3) is 10.5. The molecule has 0 aliphatic carbocycles. The summed E-state index contributed by atoms with van der Waals surface area (Å²) in [6.45, 7) is 2.43. The SMILES string of the molecule is NS(=O)(=O)c1cc(CCCCOCCCCCCNC[C@@H](O)c2ccc(O)c(CO)c2)cs1. The molecule has 1 heterocycles. The van der Waals surface area contributed by atoms with E-state index >= 15 is 0 Å². The largest absolute Gasteiger partial charge is 0.508 e. The predicted molar refractivity (Wildman–Crippen MR) is 130 cm³/mol. The molecule has 2 aromatic rings. The summed E-state index contributed by atoms with van der Waals surface area (Å²) < 4.78 is 28.4. The first-order valence-corrected chi connectivity index (χ1v) is 13.7. The Kier molecular flexibility index (Phi) is 12.3. The lowest BCUT2D eigenvalue weighted by atomic mass is 10.1. The molecule has 0 fully saturated rings. The molecule has 1 atom stereocenters. The second-order valence-electron chi connectivity index (χ2n) is 8.07. The van der Waals surface area contributed by atoms with Gasteiger partial charge in [0.05, 0.1) is 12.7 Å². The summed E-state index contributed by atoms with van der Waals surface area (Å²) in [6.07, 6.45) is 6.25. The Morgan fingerprint density at radius 2 is 1.79 bits per heavy atom. The fraction of sp³-hybridized carbons (Fsp3) is 0.565. The molecular weight excluding hydrogens is 464 g/mol. The number of hydrogen-bond donors (Lipinski definition) is 5. The number of nitrogens with one attached hydrogen (secondary N) is 1. The molecule has 1 aromatic carbocycles. The summed E-state index contributed by atoms with van der Waals surface area (Å²) in [6, 6.07) is 6.42. The van der Waals surface area contributed by atoms with Crippen LogP contribution in [0.5, 0.6) is 5.75 Å². The van der Waals surface area contributed by atoms with E-state index in [2.05, 4.69) is 5.32 Å². The molecule has 6 N–H and O–H groups in total. The number of aryl methyl sites for hydroxylation is 1. The summed E-state index contributed by atoms with van der Waals surface area (Å²) in [7, 11) is -3.59. The molecule has 0 aliphatic heterocycles. The van der Waals surface area contributed by atoms with Crippen molar-refractivity contribution in [2.24, 2.45) is 5.14 Å². The van der Waals surface area contributed by atoms with E-state index in [0.717, 1.165) is 63.7 Å². The molecule has 2 rings (SSSR count). The van der Waals surface area contributed by atoms with Crippen LogP contribution in [-0.4, -0.2) is 50.0 Å². The van der Waals surface area contributed by atoms with Gasteiger partial charge >= 0.3 is 0 Å². The molecule has 0 saturated heterocycles. The van der Waals surface area contributed by atoms with E-state index in [9.17, 15) is 23.7 Å². The van der Waals surface area contributed by atoms with E-state index in [1.165, 1.54) is 17.4 Å². The average Bonchev–Trinajstić information content (AvgIpc) is 3.26. The predicted octanol–water partition coefficient (Wildman–Crippen LogP) is 2.82. The number of hydrogen-bond acceptors (Lipinski definition) is 8. The van der Waals surface area contributed by atoms with E-state index in [1.807, 2.05) is 5.38 Å². The van der Waals surface area contributed by atoms with Crippen molar-refractivity contribution in [3.8, 4) is 5.75 Å². The lowest BCUT2D eigenvalue weighted by Crippen LogP contribution is -2.22. The van der Waals surface area contributed by atoms with Crippen molar-refractivity contribution in [1.29, 1.82) is 0 Å². The van der Waals surface area contributed by atoms with Crippen LogP contribution < -0.4 is 10.5 Å². The van der Waals surface area contributed by atoms with Gasteiger partial charge in [-0.15, -0.1) is 11.3 Å². The number of aliphatic hydroxyl groups is 2. The lowest BCUT2D eigenvalue weighted by molar-refractivity contribution is 0.126. The Labute approximate surface area is 200 Å². The molecule has 0 saturated carbocycles. The number of aromatic hydroxyl groups is 1. The number of unbranched alkanes of at least 4 members (excludes halogenated alkanes) is 4. The van der Waals surface area contributed by atoms with Gasteiger partial charge in [0.15, 0.2) is 0 Å². The number of phenols is 1. The Morgan fingerprint density at radius 3 is 2.48 bits per heavy atom. The first-order chi connectivity index (χ1) is 15.8. The minimum atomic E-state index is -3.59. The fourth-order valence-corrected chi connectivity index (χ4v) is 5.04. The van der Waals surface area contributed by atoms with Gasteiger partial charge in [-0.1, -0.05) is 18.9 Å². The Balaban J connectivity index is 1.41. The second-order valence-corrected chi connectivity index (χ2v) is 10.8. The number of primary sulfonamides is 1. The van der Waals surface area contributed by atoms with Gasteiger partial charge in [-0.25, -0.2) is 13.6 Å². The van der Waals surface area contributed by atoms with Gasteiger partial charge in [-0.3, -0.25) is 0 Å². The Morgan fingerprint density at radius 1 is 1.06 bits per heavy atom. The third-order valence-electron chi connectivity index (χ3n) is 5.30. The molecular formula is C23H36N2O6S2. The maximum Gasteiger partial charge on any atom is 0.247 e. The van der Waals surface area contributed by atoms with Gasteiger partial charge < -0.3 is 25.4 Å². The van der Waals surface area contributed by atoms with Crippen LogP contribution in [0.15, 0.2) is 33.9 Å². The van der Waals surface area contributed by atoms with E-state index in [0.29, 0.717) is 24.3 Å². The summed E-state index contributed by atoms with van der Waals surface area (Å²) in [5.74, 6) is 0.0321. The number of aliphatic hydroxyl groups excluding tert-OH is 2. The minimum absolute atomic E-state index is 0.0321. The summed E-state index contributed by atoms with van der Waals surface area (Å²) in [5.41, 5.74) is 2.09. The van der Waals surface area contributed by atoms with Crippen molar-refractivity contribution in [2.45, 2.75) is 61.9 Å². The van der Waals surface area contributed by atoms with Gasteiger partial charge in [-0.2, -0.15) is 0 Å². The zero-order valence-corrected chi connectivity index (χ0v) is 20.5.